The Morgan fingerprint density at radius 1 is 1.63 bits per heavy atom. The van der Waals surface area contributed by atoms with Gasteiger partial charge in [0.1, 0.15) is 10.6 Å². The summed E-state index contributed by atoms with van der Waals surface area (Å²) >= 11 is 0. The fourth-order valence-electron chi connectivity index (χ4n) is 1.56. The molecule has 0 aliphatic rings. The monoisotopic (exact) mass is 262 g/mol. The number of furan rings is 1. The number of nitro groups is 1. The molecule has 2 aromatic heterocycles. The van der Waals surface area contributed by atoms with E-state index in [1.165, 1.54) is 23.0 Å². The number of amides is 1. The summed E-state index contributed by atoms with van der Waals surface area (Å²) in [5, 5.41) is 14.6. The molecule has 2 N–H and O–H groups in total. The number of nitrogens with two attached hydrogens (primary N) is 1. The van der Waals surface area contributed by atoms with Crippen LogP contribution in [0.4, 0.5) is 5.88 Å². The lowest BCUT2D eigenvalue weighted by molar-refractivity contribution is -0.401. The van der Waals surface area contributed by atoms with E-state index in [1.807, 2.05) is 0 Å². The minimum atomic E-state index is -0.690. The highest BCUT2D eigenvalue weighted by Gasteiger charge is 2.21. The standard InChI is InChI=1S/C11H10N4O4/c1-2-5-14-6-7(11(12)16)10(13-14)8-3-4-9(19-8)15(17)18/h2-4,6H,1,5H2,(H2,12,16). The third kappa shape index (κ3) is 2.37. The Bertz CT molecular complexity index is 655. The summed E-state index contributed by atoms with van der Waals surface area (Å²) in [7, 11) is 0. The van der Waals surface area contributed by atoms with E-state index >= 15 is 0 Å². The minimum absolute atomic E-state index is 0.114. The lowest BCUT2D eigenvalue weighted by atomic mass is 10.2. The molecule has 2 heterocycles. The van der Waals surface area contributed by atoms with E-state index in [2.05, 4.69) is 11.7 Å². The van der Waals surface area contributed by atoms with Crippen molar-refractivity contribution in [2.45, 2.75) is 6.54 Å². The van der Waals surface area contributed by atoms with Crippen molar-refractivity contribution in [2.24, 2.45) is 5.73 Å². The zero-order valence-electron chi connectivity index (χ0n) is 9.78. The van der Waals surface area contributed by atoms with Crippen molar-refractivity contribution in [2.75, 3.05) is 0 Å². The van der Waals surface area contributed by atoms with E-state index < -0.39 is 16.7 Å². The molecule has 0 fully saturated rings. The Labute approximate surface area is 107 Å². The lowest BCUT2D eigenvalue weighted by Gasteiger charge is -1.93. The van der Waals surface area contributed by atoms with E-state index in [-0.39, 0.29) is 17.0 Å². The van der Waals surface area contributed by atoms with Crippen LogP contribution in [-0.2, 0) is 6.54 Å². The van der Waals surface area contributed by atoms with Gasteiger partial charge in [0.05, 0.1) is 18.2 Å². The number of carbonyl (C=O) groups is 1. The van der Waals surface area contributed by atoms with Crippen molar-refractivity contribution in [1.82, 2.24) is 9.78 Å². The fourth-order valence-corrected chi connectivity index (χ4v) is 1.56. The molecule has 2 rings (SSSR count). The summed E-state index contributed by atoms with van der Waals surface area (Å²) in [5.74, 6) is -1.00. The molecule has 0 aromatic carbocycles. The first-order valence-electron chi connectivity index (χ1n) is 5.25. The van der Waals surface area contributed by atoms with E-state index in [4.69, 9.17) is 10.2 Å². The van der Waals surface area contributed by atoms with Crippen LogP contribution in [0.1, 0.15) is 10.4 Å². The maximum atomic E-state index is 11.3. The predicted octanol–water partition coefficient (Wildman–Crippen LogP) is 1.34. The molecule has 0 atom stereocenters. The van der Waals surface area contributed by atoms with Crippen LogP contribution in [0.25, 0.3) is 11.5 Å². The topological polar surface area (TPSA) is 117 Å². The first kappa shape index (κ1) is 12.6. The first-order valence-corrected chi connectivity index (χ1v) is 5.25. The Kier molecular flexibility index (Phi) is 3.15. The number of allylic oxidation sites excluding steroid dienone is 1. The molecule has 0 aliphatic heterocycles. The third-order valence-corrected chi connectivity index (χ3v) is 2.35. The second kappa shape index (κ2) is 4.77. The lowest BCUT2D eigenvalue weighted by Crippen LogP contribution is -2.11. The maximum absolute atomic E-state index is 11.3. The number of rotatable bonds is 5. The zero-order valence-corrected chi connectivity index (χ0v) is 9.78. The molecule has 0 spiro atoms. The van der Waals surface area contributed by atoms with Gasteiger partial charge >= 0.3 is 5.88 Å². The van der Waals surface area contributed by atoms with Gasteiger partial charge in [-0.2, -0.15) is 5.10 Å². The number of primary amides is 1. The Morgan fingerprint density at radius 2 is 2.37 bits per heavy atom. The normalized spacial score (nSPS) is 10.3. The summed E-state index contributed by atoms with van der Waals surface area (Å²) in [6, 6.07) is 2.55. The number of nitrogens with zero attached hydrogens (tertiary/aromatic N) is 3. The van der Waals surface area contributed by atoms with Gasteiger partial charge in [0.15, 0.2) is 5.76 Å². The van der Waals surface area contributed by atoms with E-state index in [9.17, 15) is 14.9 Å². The first-order chi connectivity index (χ1) is 9.02. The van der Waals surface area contributed by atoms with E-state index in [0.717, 1.165) is 0 Å². The third-order valence-electron chi connectivity index (χ3n) is 2.35. The van der Waals surface area contributed by atoms with Crippen molar-refractivity contribution in [3.05, 3.63) is 46.7 Å². The quantitative estimate of drug-likeness (QED) is 0.495. The molecule has 0 radical (unpaired) electrons. The molecule has 2 aromatic rings. The number of aromatic nitrogens is 2. The molecule has 98 valence electrons. The molecule has 1 amide bonds. The van der Waals surface area contributed by atoms with Crippen LogP contribution < -0.4 is 5.73 Å². The molecular formula is C11H10N4O4. The van der Waals surface area contributed by atoms with Crippen molar-refractivity contribution in [3.8, 4) is 11.5 Å². The molecule has 0 aliphatic carbocycles. The second-order valence-electron chi connectivity index (χ2n) is 3.66. The van der Waals surface area contributed by atoms with Crippen LogP contribution in [-0.4, -0.2) is 20.6 Å². The molecule has 0 saturated heterocycles. The van der Waals surface area contributed by atoms with Gasteiger partial charge < -0.3 is 10.2 Å². The van der Waals surface area contributed by atoms with Crippen LogP contribution in [0.2, 0.25) is 0 Å². The average molecular weight is 262 g/mol. The van der Waals surface area contributed by atoms with Crippen LogP contribution >= 0.6 is 0 Å². The second-order valence-corrected chi connectivity index (χ2v) is 3.66. The number of hydrogen-bond acceptors (Lipinski definition) is 5. The number of carbonyl (C=O) groups excluding carboxylic acids is 1. The van der Waals surface area contributed by atoms with Crippen molar-refractivity contribution < 1.29 is 14.1 Å². The molecule has 8 heteroatoms. The summed E-state index contributed by atoms with van der Waals surface area (Å²) < 4.78 is 6.45. The molecule has 0 unspecified atom stereocenters. The van der Waals surface area contributed by atoms with E-state index in [0.29, 0.717) is 6.54 Å². The molecular weight excluding hydrogens is 252 g/mol. The predicted molar refractivity (Wildman–Crippen MR) is 65.3 cm³/mol. The Morgan fingerprint density at radius 3 is 2.89 bits per heavy atom. The van der Waals surface area contributed by atoms with Crippen LogP contribution in [0.15, 0.2) is 35.4 Å². The van der Waals surface area contributed by atoms with Gasteiger partial charge in [0.25, 0.3) is 5.91 Å². The molecule has 8 nitrogen and oxygen atoms in total. The zero-order chi connectivity index (χ0) is 14.0. The number of hydrogen-bond donors (Lipinski definition) is 1. The van der Waals surface area contributed by atoms with Crippen LogP contribution in [0.5, 0.6) is 0 Å². The van der Waals surface area contributed by atoms with Gasteiger partial charge in [-0.05, 0) is 6.07 Å². The largest absolute Gasteiger partial charge is 0.433 e. The van der Waals surface area contributed by atoms with Gasteiger partial charge in [-0.25, -0.2) is 0 Å². The summed E-state index contributed by atoms with van der Waals surface area (Å²) in [4.78, 5) is 21.2. The SMILES string of the molecule is C=CCn1cc(C(N)=O)c(-c2ccc([N+](=O)[O-])o2)n1. The smallest absolute Gasteiger partial charge is 0.399 e. The van der Waals surface area contributed by atoms with Gasteiger partial charge in [0, 0.05) is 6.20 Å². The van der Waals surface area contributed by atoms with Gasteiger partial charge in [0.2, 0.25) is 0 Å². The summed E-state index contributed by atoms with van der Waals surface area (Å²) in [5.41, 5.74) is 5.53. The molecule has 19 heavy (non-hydrogen) atoms. The summed E-state index contributed by atoms with van der Waals surface area (Å²) in [6.45, 7) is 3.93. The van der Waals surface area contributed by atoms with Crippen molar-refractivity contribution in [3.63, 3.8) is 0 Å². The molecule has 0 bridgehead atoms. The van der Waals surface area contributed by atoms with Crippen LogP contribution in [0.3, 0.4) is 0 Å². The maximum Gasteiger partial charge on any atom is 0.433 e. The Hall–Kier alpha value is -2.90. The van der Waals surface area contributed by atoms with Crippen molar-refractivity contribution in [1.29, 1.82) is 0 Å². The highest BCUT2D eigenvalue weighted by molar-refractivity contribution is 5.98. The van der Waals surface area contributed by atoms with E-state index in [1.54, 1.807) is 6.08 Å². The van der Waals surface area contributed by atoms with Gasteiger partial charge in [-0.1, -0.05) is 6.08 Å². The average Bonchev–Trinajstić information content (AvgIpc) is 2.94. The van der Waals surface area contributed by atoms with Gasteiger partial charge in [-0.3, -0.25) is 19.6 Å². The van der Waals surface area contributed by atoms with Crippen LogP contribution in [0, 0.1) is 10.1 Å². The Balaban J connectivity index is 2.49. The fraction of sp³-hybridized carbons (Fsp3) is 0.0909. The van der Waals surface area contributed by atoms with Crippen molar-refractivity contribution >= 4 is 11.8 Å². The van der Waals surface area contributed by atoms with Gasteiger partial charge in [-0.15, -0.1) is 6.58 Å². The highest BCUT2D eigenvalue weighted by atomic mass is 16.6. The minimum Gasteiger partial charge on any atom is -0.399 e. The molecule has 0 saturated carbocycles. The summed E-state index contributed by atoms with van der Waals surface area (Å²) in [6.07, 6.45) is 3.03. The highest BCUT2D eigenvalue weighted by Crippen LogP contribution is 2.27.